The minimum atomic E-state index is -1.04. The highest BCUT2D eigenvalue weighted by atomic mass is 32.1. The number of carboxylic acid groups (broad SMARTS) is 1. The van der Waals surface area contributed by atoms with Gasteiger partial charge in [-0.1, -0.05) is 20.3 Å². The molecule has 1 rings (SSSR count). The van der Waals surface area contributed by atoms with E-state index in [9.17, 15) is 14.4 Å². The van der Waals surface area contributed by atoms with E-state index in [-0.39, 0.29) is 10.8 Å². The summed E-state index contributed by atoms with van der Waals surface area (Å²) >= 11 is 0.976. The third-order valence-corrected chi connectivity index (χ3v) is 4.29. The van der Waals surface area contributed by atoms with Crippen molar-refractivity contribution in [3.63, 3.8) is 0 Å². The topological polar surface area (TPSA) is 122 Å². The lowest BCUT2D eigenvalue weighted by Crippen LogP contribution is -2.49. The molecule has 0 aliphatic carbocycles. The van der Waals surface area contributed by atoms with Gasteiger partial charge in [0.25, 0.3) is 0 Å². The fourth-order valence-corrected chi connectivity index (χ4v) is 2.72. The van der Waals surface area contributed by atoms with Crippen molar-refractivity contribution < 1.29 is 19.5 Å². The minimum absolute atomic E-state index is 0.0995. The molecule has 0 radical (unpaired) electrons. The third-order valence-electron chi connectivity index (χ3n) is 3.15. The minimum Gasteiger partial charge on any atom is -0.477 e. The van der Waals surface area contributed by atoms with Gasteiger partial charge in [-0.15, -0.1) is 11.3 Å². The van der Waals surface area contributed by atoms with Crippen molar-refractivity contribution in [3.8, 4) is 0 Å². The predicted molar refractivity (Wildman–Crippen MR) is 80.6 cm³/mol. The SMILES string of the molecule is CCC(C)C(NC(N)=O)C(=O)Nc1cc(C)c(C(=O)O)s1. The molecular formula is C13H19N3O4S. The zero-order valence-corrected chi connectivity index (χ0v) is 12.9. The summed E-state index contributed by atoms with van der Waals surface area (Å²) in [5.41, 5.74) is 5.65. The molecule has 0 bridgehead atoms. The first-order valence-corrected chi connectivity index (χ1v) is 7.28. The molecule has 0 saturated carbocycles. The number of urea groups is 1. The molecule has 0 saturated heterocycles. The van der Waals surface area contributed by atoms with E-state index < -0.39 is 23.9 Å². The summed E-state index contributed by atoms with van der Waals surface area (Å²) in [7, 11) is 0. The van der Waals surface area contributed by atoms with Crippen LogP contribution in [0.15, 0.2) is 6.07 Å². The Bertz CT molecular complexity index is 556. The molecule has 2 atom stereocenters. The molecule has 7 nitrogen and oxygen atoms in total. The first-order valence-electron chi connectivity index (χ1n) is 6.46. The number of hydrogen-bond donors (Lipinski definition) is 4. The lowest BCUT2D eigenvalue weighted by atomic mass is 9.98. The second-order valence-corrected chi connectivity index (χ2v) is 5.84. The van der Waals surface area contributed by atoms with Crippen LogP contribution in [0.2, 0.25) is 0 Å². The standard InChI is InChI=1S/C13H19N3O4S/c1-4-6(2)9(16-13(14)20)11(17)15-8-5-7(3)10(21-8)12(18)19/h5-6,9H,4H2,1-3H3,(H,15,17)(H,18,19)(H3,14,16,20). The van der Waals surface area contributed by atoms with Crippen LogP contribution in [0.3, 0.4) is 0 Å². The Hall–Kier alpha value is -2.09. The van der Waals surface area contributed by atoms with Crippen molar-refractivity contribution in [1.82, 2.24) is 5.32 Å². The lowest BCUT2D eigenvalue weighted by molar-refractivity contribution is -0.119. The molecule has 1 aromatic heterocycles. The van der Waals surface area contributed by atoms with Crippen LogP contribution in [0.5, 0.6) is 0 Å². The van der Waals surface area contributed by atoms with Gasteiger partial charge in [-0.2, -0.15) is 0 Å². The molecular weight excluding hydrogens is 294 g/mol. The predicted octanol–water partition coefficient (Wildman–Crippen LogP) is 1.78. The van der Waals surface area contributed by atoms with Crippen LogP contribution in [0, 0.1) is 12.8 Å². The van der Waals surface area contributed by atoms with Crippen LogP contribution in [-0.4, -0.2) is 29.1 Å². The van der Waals surface area contributed by atoms with E-state index in [2.05, 4.69) is 10.6 Å². The summed E-state index contributed by atoms with van der Waals surface area (Å²) < 4.78 is 0. The van der Waals surface area contributed by atoms with Gasteiger partial charge < -0.3 is 21.5 Å². The second kappa shape index (κ2) is 7.07. The summed E-state index contributed by atoms with van der Waals surface area (Å²) in [5.74, 6) is -1.55. The summed E-state index contributed by atoms with van der Waals surface area (Å²) in [6.45, 7) is 5.37. The van der Waals surface area contributed by atoms with Crippen LogP contribution in [0.1, 0.15) is 35.5 Å². The van der Waals surface area contributed by atoms with Crippen LogP contribution in [-0.2, 0) is 4.79 Å². The second-order valence-electron chi connectivity index (χ2n) is 4.79. The Kier molecular flexibility index (Phi) is 5.71. The molecule has 8 heteroatoms. The molecule has 5 N–H and O–H groups in total. The maximum atomic E-state index is 12.2. The molecule has 2 unspecified atom stereocenters. The molecule has 0 fully saturated rings. The Morgan fingerprint density at radius 3 is 2.48 bits per heavy atom. The number of carbonyl (C=O) groups excluding carboxylic acids is 2. The van der Waals surface area contributed by atoms with E-state index in [0.29, 0.717) is 17.0 Å². The maximum Gasteiger partial charge on any atom is 0.346 e. The van der Waals surface area contributed by atoms with E-state index in [4.69, 9.17) is 10.8 Å². The smallest absolute Gasteiger partial charge is 0.346 e. The highest BCUT2D eigenvalue weighted by Crippen LogP contribution is 2.27. The van der Waals surface area contributed by atoms with Gasteiger partial charge in [0, 0.05) is 0 Å². The molecule has 0 aliphatic heterocycles. The molecule has 0 aliphatic rings. The average molecular weight is 313 g/mol. The number of thiophene rings is 1. The number of nitrogens with two attached hydrogens (primary N) is 1. The van der Waals surface area contributed by atoms with Crippen molar-refractivity contribution in [2.24, 2.45) is 11.7 Å². The molecule has 1 heterocycles. The van der Waals surface area contributed by atoms with Gasteiger partial charge >= 0.3 is 12.0 Å². The molecule has 21 heavy (non-hydrogen) atoms. The summed E-state index contributed by atoms with van der Waals surface area (Å²) in [6.07, 6.45) is 0.683. The van der Waals surface area contributed by atoms with Gasteiger partial charge in [0.1, 0.15) is 10.9 Å². The monoisotopic (exact) mass is 313 g/mol. The van der Waals surface area contributed by atoms with Gasteiger partial charge in [0.05, 0.1) is 5.00 Å². The van der Waals surface area contributed by atoms with Gasteiger partial charge in [0.15, 0.2) is 0 Å². The number of nitrogens with one attached hydrogen (secondary N) is 2. The summed E-state index contributed by atoms with van der Waals surface area (Å²) in [4.78, 5) is 34.4. The van der Waals surface area contributed by atoms with Gasteiger partial charge in [0.2, 0.25) is 5.91 Å². The number of primary amides is 1. The third kappa shape index (κ3) is 4.45. The highest BCUT2D eigenvalue weighted by molar-refractivity contribution is 7.18. The number of hydrogen-bond acceptors (Lipinski definition) is 4. The first-order chi connectivity index (χ1) is 9.76. The van der Waals surface area contributed by atoms with Gasteiger partial charge in [-0.3, -0.25) is 4.79 Å². The van der Waals surface area contributed by atoms with Crippen LogP contribution in [0.4, 0.5) is 9.80 Å². The van der Waals surface area contributed by atoms with E-state index in [1.54, 1.807) is 13.0 Å². The molecule has 116 valence electrons. The Labute approximate surface area is 126 Å². The summed E-state index contributed by atoms with van der Waals surface area (Å²) in [6, 6.07) is 0.0523. The number of anilines is 1. The normalized spacial score (nSPS) is 13.3. The maximum absolute atomic E-state index is 12.2. The molecule has 0 spiro atoms. The quantitative estimate of drug-likeness (QED) is 0.639. The van der Waals surface area contributed by atoms with Crippen molar-refractivity contribution in [3.05, 3.63) is 16.5 Å². The highest BCUT2D eigenvalue weighted by Gasteiger charge is 2.26. The van der Waals surface area contributed by atoms with Crippen LogP contribution >= 0.6 is 11.3 Å². The summed E-state index contributed by atoms with van der Waals surface area (Å²) in [5, 5.41) is 14.5. The largest absolute Gasteiger partial charge is 0.477 e. The Morgan fingerprint density at radius 2 is 2.05 bits per heavy atom. The lowest BCUT2D eigenvalue weighted by Gasteiger charge is -2.22. The Balaban J connectivity index is 2.88. The number of aryl methyl sites for hydroxylation is 1. The molecule has 0 aromatic carbocycles. The van der Waals surface area contributed by atoms with Crippen molar-refractivity contribution in [2.45, 2.75) is 33.2 Å². The number of rotatable bonds is 6. The van der Waals surface area contributed by atoms with Crippen LogP contribution in [0.25, 0.3) is 0 Å². The number of aromatic carboxylic acids is 1. The fourth-order valence-electron chi connectivity index (χ4n) is 1.81. The average Bonchev–Trinajstić information content (AvgIpc) is 2.75. The van der Waals surface area contributed by atoms with E-state index >= 15 is 0 Å². The van der Waals surface area contributed by atoms with Gasteiger partial charge in [-0.25, -0.2) is 9.59 Å². The first kappa shape index (κ1) is 17.0. The zero-order chi connectivity index (χ0) is 16.2. The number of carboxylic acids is 1. The van der Waals surface area contributed by atoms with Crippen molar-refractivity contribution in [2.75, 3.05) is 5.32 Å². The van der Waals surface area contributed by atoms with E-state index in [1.807, 2.05) is 13.8 Å². The zero-order valence-electron chi connectivity index (χ0n) is 12.1. The van der Waals surface area contributed by atoms with Crippen molar-refractivity contribution >= 4 is 34.2 Å². The van der Waals surface area contributed by atoms with E-state index in [0.717, 1.165) is 11.3 Å². The Morgan fingerprint density at radius 1 is 1.43 bits per heavy atom. The molecule has 1 aromatic rings. The van der Waals surface area contributed by atoms with Crippen LogP contribution < -0.4 is 16.4 Å². The van der Waals surface area contributed by atoms with Gasteiger partial charge in [-0.05, 0) is 24.5 Å². The fraction of sp³-hybridized carbons (Fsp3) is 0.462. The number of carbonyl (C=O) groups is 3. The van der Waals surface area contributed by atoms with Crippen molar-refractivity contribution in [1.29, 1.82) is 0 Å². The molecule has 3 amide bonds. The van der Waals surface area contributed by atoms with E-state index in [1.165, 1.54) is 0 Å². The number of amides is 3.